The van der Waals surface area contributed by atoms with Gasteiger partial charge in [0.15, 0.2) is 0 Å². The van der Waals surface area contributed by atoms with Crippen LogP contribution in [0.5, 0.6) is 0 Å². The van der Waals surface area contributed by atoms with Crippen LogP contribution in [-0.4, -0.2) is 71.3 Å². The van der Waals surface area contributed by atoms with E-state index in [9.17, 15) is 0 Å². The van der Waals surface area contributed by atoms with Gasteiger partial charge >= 0.3 is 0 Å². The van der Waals surface area contributed by atoms with Gasteiger partial charge in [0.25, 0.3) is 0 Å². The van der Waals surface area contributed by atoms with Gasteiger partial charge in [0.1, 0.15) is 0 Å². The first-order valence-electron chi connectivity index (χ1n) is 5.99. The van der Waals surface area contributed by atoms with E-state index in [1.165, 1.54) is 0 Å². The second kappa shape index (κ2) is 8.60. The first-order chi connectivity index (χ1) is 8.25. The summed E-state index contributed by atoms with van der Waals surface area (Å²) >= 11 is 10.1. The second-order valence-electron chi connectivity index (χ2n) is 4.78. The van der Waals surface area contributed by atoms with Crippen LogP contribution < -0.4 is 10.9 Å². The van der Waals surface area contributed by atoms with Crippen LogP contribution in [0.1, 0.15) is 13.8 Å². The molecule has 2 saturated heterocycles. The Morgan fingerprint density at radius 3 is 1.05 bits per heavy atom. The molecular weight excluding hydrogens is 465 g/mol. The van der Waals surface area contributed by atoms with Crippen molar-refractivity contribution < 1.29 is 22.4 Å². The van der Waals surface area contributed by atoms with Gasteiger partial charge in [-0.3, -0.25) is 20.7 Å². The van der Waals surface area contributed by atoms with Crippen LogP contribution in [0, 0.1) is 0 Å². The maximum atomic E-state index is 5.05. The van der Waals surface area contributed by atoms with E-state index in [0.717, 1.165) is 0 Å². The number of hydrogen-bond acceptors (Lipinski definition) is 8. The molecule has 0 aromatic carbocycles. The van der Waals surface area contributed by atoms with Gasteiger partial charge in [-0.1, -0.05) is 0 Å². The Morgan fingerprint density at radius 2 is 1.00 bits per heavy atom. The molecule has 0 spiro atoms. The molecule has 1 radical (unpaired) electrons. The van der Waals surface area contributed by atoms with Crippen LogP contribution in [-0.2, 0) is 47.6 Å². The van der Waals surface area contributed by atoms with Gasteiger partial charge in [0.05, 0.1) is 12.3 Å². The first kappa shape index (κ1) is 20.2. The van der Waals surface area contributed by atoms with Crippen molar-refractivity contribution in [2.75, 3.05) is 28.2 Å². The van der Waals surface area contributed by atoms with E-state index >= 15 is 0 Å². The Hall–Kier alpha value is 1.20. The molecule has 0 saturated carbocycles. The van der Waals surface area contributed by atoms with Crippen LogP contribution in [0.3, 0.4) is 0 Å². The maximum Gasteiger partial charge on any atom is 0.0719 e. The van der Waals surface area contributed by atoms with Crippen molar-refractivity contribution in [2.24, 2.45) is 0 Å². The Bertz CT molecular complexity index is 224. The zero-order chi connectivity index (χ0) is 14.0. The summed E-state index contributed by atoms with van der Waals surface area (Å²) < 4.78 is 0. The Labute approximate surface area is 143 Å². The molecule has 0 bridgehead atoms. The molecule has 4 atom stereocenters. The van der Waals surface area contributed by atoms with E-state index in [1.54, 1.807) is 0 Å². The predicted octanol–water partition coefficient (Wildman–Crippen LogP) is -0.913. The van der Waals surface area contributed by atoms with Gasteiger partial charge in [0.2, 0.25) is 0 Å². The van der Waals surface area contributed by atoms with Crippen LogP contribution in [0.25, 0.3) is 0 Å². The van der Waals surface area contributed by atoms with Gasteiger partial charge < -0.3 is 25.3 Å². The molecule has 2 fully saturated rings. The van der Waals surface area contributed by atoms with E-state index < -0.39 is 0 Å². The molecule has 2 heterocycles. The average Bonchev–Trinajstić information content (AvgIpc) is 2.66. The Morgan fingerprint density at radius 1 is 0.737 bits per heavy atom. The summed E-state index contributed by atoms with van der Waals surface area (Å²) in [4.78, 5) is 4.19. The molecular formula is C10H24AuN6S2-2. The Balaban J connectivity index is 0.000000324. The topological polar surface area (TPSA) is 37.0 Å². The first-order valence-corrected chi connectivity index (χ1v) is 6.93. The normalized spacial score (nSPS) is 37.9. The molecule has 2 N–H and O–H groups in total. The van der Waals surface area contributed by atoms with E-state index in [2.05, 4.69) is 34.5 Å². The monoisotopic (exact) mass is 489 g/mol. The van der Waals surface area contributed by atoms with E-state index in [-0.39, 0.29) is 33.4 Å². The largest absolute Gasteiger partial charge is 0.757 e. The standard InChI is InChI=1S/2C5H13N3S.Au/c2*1-4-7(2)5(9)6-8(4)3;/h2*4-6,9H,1-3H3;/p-2. The predicted molar refractivity (Wildman–Crippen MR) is 78.6 cm³/mol. The fraction of sp³-hybridized carbons (Fsp3) is 1.00. The van der Waals surface area contributed by atoms with Crippen molar-refractivity contribution in [3.8, 4) is 0 Å². The van der Waals surface area contributed by atoms with Crippen molar-refractivity contribution in [3.63, 3.8) is 0 Å². The zero-order valence-corrected chi connectivity index (χ0v) is 16.0. The number of hydrazine groups is 2. The maximum absolute atomic E-state index is 5.05. The smallest absolute Gasteiger partial charge is 0.0719 e. The van der Waals surface area contributed by atoms with Crippen LogP contribution in [0.15, 0.2) is 0 Å². The van der Waals surface area contributed by atoms with E-state index in [1.807, 2.05) is 38.2 Å². The summed E-state index contributed by atoms with van der Waals surface area (Å²) in [5.74, 6) is 0. The van der Waals surface area contributed by atoms with Crippen molar-refractivity contribution in [1.82, 2.24) is 30.7 Å². The molecule has 0 aliphatic carbocycles. The number of nitrogens with zero attached hydrogens (tertiary/aromatic N) is 4. The minimum Gasteiger partial charge on any atom is -0.757 e. The summed E-state index contributed by atoms with van der Waals surface area (Å²) in [7, 11) is 8.01. The van der Waals surface area contributed by atoms with E-state index in [4.69, 9.17) is 25.3 Å². The fourth-order valence-corrected chi connectivity index (χ4v) is 2.37. The van der Waals surface area contributed by atoms with Crippen LogP contribution in [0.4, 0.5) is 0 Å². The molecule has 0 amide bonds. The molecule has 0 aromatic rings. The molecule has 9 heteroatoms. The van der Waals surface area contributed by atoms with Crippen LogP contribution >= 0.6 is 0 Å². The molecule has 119 valence electrons. The third-order valence-electron chi connectivity index (χ3n) is 3.67. The minimum absolute atomic E-state index is 0. The van der Waals surface area contributed by atoms with Gasteiger partial charge in [-0.05, 0) is 38.9 Å². The summed E-state index contributed by atoms with van der Waals surface area (Å²) in [5, 5.41) is 4.02. The molecule has 0 aromatic heterocycles. The molecule has 2 aliphatic heterocycles. The van der Waals surface area contributed by atoms with Gasteiger partial charge in [0, 0.05) is 36.5 Å². The third-order valence-corrected chi connectivity index (χ3v) is 4.54. The number of rotatable bonds is 0. The molecule has 4 unspecified atom stereocenters. The van der Waals surface area contributed by atoms with Gasteiger partial charge in [-0.25, -0.2) is 10.0 Å². The van der Waals surface area contributed by atoms with Gasteiger partial charge in [-0.2, -0.15) is 0 Å². The fourth-order valence-electron chi connectivity index (χ4n) is 1.68. The van der Waals surface area contributed by atoms with Crippen molar-refractivity contribution >= 4 is 25.3 Å². The number of hydrogen-bond donors (Lipinski definition) is 2. The zero-order valence-electron chi connectivity index (χ0n) is 12.2. The summed E-state index contributed by atoms with van der Waals surface area (Å²) in [5.41, 5.74) is 6.30. The van der Waals surface area contributed by atoms with Crippen molar-refractivity contribution in [3.05, 3.63) is 0 Å². The van der Waals surface area contributed by atoms with Gasteiger partial charge in [-0.15, -0.1) is 0 Å². The summed E-state index contributed by atoms with van der Waals surface area (Å²) in [6.45, 7) is 4.22. The van der Waals surface area contributed by atoms with Crippen LogP contribution in [0.2, 0.25) is 0 Å². The average molecular weight is 489 g/mol. The molecule has 19 heavy (non-hydrogen) atoms. The minimum atomic E-state index is 0. The molecule has 2 aliphatic rings. The summed E-state index contributed by atoms with van der Waals surface area (Å²) in [6, 6.07) is 0. The van der Waals surface area contributed by atoms with Crippen molar-refractivity contribution in [1.29, 1.82) is 0 Å². The SMILES string of the molecule is CC1N(C)NC([S-])N1C.CC1N(C)NC([S-])N1C.[Au]. The molecule has 6 nitrogen and oxygen atoms in total. The summed E-state index contributed by atoms with van der Waals surface area (Å²) in [6.07, 6.45) is 0.819. The number of nitrogens with one attached hydrogen (secondary N) is 2. The molecule has 2 rings (SSSR count). The van der Waals surface area contributed by atoms with E-state index in [0.29, 0.717) is 12.3 Å². The second-order valence-corrected chi connectivity index (χ2v) is 5.67. The third kappa shape index (κ3) is 5.15. The van der Waals surface area contributed by atoms with Crippen molar-refractivity contribution in [2.45, 2.75) is 37.2 Å². The Kier molecular flexibility index (Phi) is 9.14. The quantitative estimate of drug-likeness (QED) is 0.335.